The van der Waals surface area contributed by atoms with Crippen LogP contribution in [0.3, 0.4) is 0 Å². The summed E-state index contributed by atoms with van der Waals surface area (Å²) < 4.78 is 3.16. The number of allylic oxidation sites excluding steroid dienone is 8. The Morgan fingerprint density at radius 1 is 0.667 bits per heavy atom. The molecule has 0 bridgehead atoms. The molecule has 0 nitrogen and oxygen atoms in total. The topological polar surface area (TPSA) is 0 Å². The van der Waals surface area contributed by atoms with Crippen molar-refractivity contribution >= 4 is 18.8 Å². The zero-order valence-electron chi connectivity index (χ0n) is 19.2. The van der Waals surface area contributed by atoms with Gasteiger partial charge in [-0.05, 0) is 24.7 Å². The van der Waals surface area contributed by atoms with E-state index in [1.165, 1.54) is 38.5 Å². The third-order valence-electron chi connectivity index (χ3n) is 6.55. The Labute approximate surface area is 222 Å². The van der Waals surface area contributed by atoms with Gasteiger partial charge >= 0.3 is 101 Å². The van der Waals surface area contributed by atoms with Crippen LogP contribution in [0.2, 0.25) is 0 Å². The summed E-state index contributed by atoms with van der Waals surface area (Å²) in [4.78, 5) is 0. The molecule has 4 aliphatic rings. The number of fused-ring (bicyclic) bond motifs is 2. The van der Waals surface area contributed by atoms with Gasteiger partial charge in [0.2, 0.25) is 0 Å². The minimum atomic E-state index is -1.11. The predicted molar refractivity (Wildman–Crippen MR) is 136 cm³/mol. The van der Waals surface area contributed by atoms with Gasteiger partial charge in [0.15, 0.2) is 0 Å². The molecule has 170 valence electrons. The Hall–Kier alpha value is -1.14. The zero-order valence-corrected chi connectivity index (χ0v) is 24.5. The van der Waals surface area contributed by atoms with Gasteiger partial charge in [-0.15, -0.1) is 37.1 Å². The second-order valence-electron chi connectivity index (χ2n) is 8.72. The molecule has 6 rings (SSSR count). The van der Waals surface area contributed by atoms with Gasteiger partial charge in [0.1, 0.15) is 0 Å². The quantitative estimate of drug-likeness (QED) is 0.372. The molecule has 2 saturated carbocycles. The van der Waals surface area contributed by atoms with Crippen molar-refractivity contribution in [1.82, 2.24) is 0 Å². The summed E-state index contributed by atoms with van der Waals surface area (Å²) in [6.45, 7) is 0. The molecule has 0 spiro atoms. The number of hydrogen-bond donors (Lipinski definition) is 0. The summed E-state index contributed by atoms with van der Waals surface area (Å²) in [6.07, 6.45) is 26.1. The molecule has 0 radical (unpaired) electrons. The maximum absolute atomic E-state index is 2.37. The van der Waals surface area contributed by atoms with E-state index < -0.39 is 9.98 Å². The molecule has 2 atom stereocenters. The summed E-state index contributed by atoms with van der Waals surface area (Å²) in [5, 5.41) is 0. The predicted octanol–water partition coefficient (Wildman–Crippen LogP) is 3.32. The van der Waals surface area contributed by atoms with Crippen molar-refractivity contribution in [2.45, 2.75) is 38.5 Å². The van der Waals surface area contributed by atoms with Crippen LogP contribution < -0.4 is 21.2 Å². The first-order valence-electron chi connectivity index (χ1n) is 11.9. The Morgan fingerprint density at radius 2 is 1.09 bits per heavy atom. The molecule has 0 heterocycles. The van der Waals surface area contributed by atoms with Crippen LogP contribution in [0.1, 0.15) is 38.5 Å². The Balaban J connectivity index is 0.000000142. The molecule has 2 unspecified atom stereocenters. The van der Waals surface area contributed by atoms with Crippen LogP contribution >= 0.6 is 0 Å². The monoisotopic (exact) mass is 591 g/mol. The van der Waals surface area contributed by atoms with Crippen LogP contribution in [0, 0.1) is 24.7 Å². The van der Waals surface area contributed by atoms with Gasteiger partial charge in [0.25, 0.3) is 0 Å². The van der Waals surface area contributed by atoms with Crippen molar-refractivity contribution in [2.75, 3.05) is 0 Å². The van der Waals surface area contributed by atoms with Crippen LogP contribution in [-0.4, -0.2) is 9.98 Å². The van der Waals surface area contributed by atoms with Crippen LogP contribution in [0.4, 0.5) is 0 Å². The van der Waals surface area contributed by atoms with Gasteiger partial charge in [0, 0.05) is 0 Å². The standard InChI is InChI=1S/C12H10Ge.2C9H11.ClH.Zr/c1-3-7-11(8-4-1)13-12-9-5-2-6-10-12;2*1-2-5-9-7-3-6-8(9)4-1;;/h1-10H;2*1-2,4,6,9H,3,5,7H2;1H;/q;2*-1;;/p-1. The van der Waals surface area contributed by atoms with Gasteiger partial charge < -0.3 is 12.4 Å². The fourth-order valence-electron chi connectivity index (χ4n) is 4.71. The third kappa shape index (κ3) is 7.95. The normalized spacial score (nSPS) is 21.1. The second kappa shape index (κ2) is 14.3. The third-order valence-corrected chi connectivity index (χ3v) is 17.7. The van der Waals surface area contributed by atoms with Crippen molar-refractivity contribution in [3.63, 3.8) is 0 Å². The molecular formula is C30H32ClGeZr-3. The molecule has 0 N–H and O–H groups in total. The SMILES string of the molecule is C1=CCC2CC[CH-]C2=C1.C1=CCC2CC[CH-]C2=C1.[Cl-].[Zr]=[Ge]([c]1ccccc1)[c]1ccccc1. The first kappa shape index (κ1) is 26.5. The van der Waals surface area contributed by atoms with E-state index in [4.69, 9.17) is 0 Å². The summed E-state index contributed by atoms with van der Waals surface area (Å²) in [5.74, 6) is 1.77. The number of benzene rings is 2. The number of hydrogen-bond acceptors (Lipinski definition) is 0. The van der Waals surface area contributed by atoms with Crippen molar-refractivity contribution in [3.05, 3.63) is 121 Å². The van der Waals surface area contributed by atoms with Gasteiger partial charge in [-0.25, -0.2) is 36.1 Å². The van der Waals surface area contributed by atoms with Crippen molar-refractivity contribution < 1.29 is 34.0 Å². The van der Waals surface area contributed by atoms with E-state index in [0.717, 1.165) is 11.8 Å². The molecule has 0 aromatic heterocycles. The van der Waals surface area contributed by atoms with E-state index in [2.05, 4.69) is 110 Å². The number of halogens is 1. The van der Waals surface area contributed by atoms with Gasteiger partial charge in [-0.1, -0.05) is 12.8 Å². The molecule has 2 aromatic rings. The maximum atomic E-state index is 2.37. The minimum absolute atomic E-state index is 0. The molecule has 4 aliphatic carbocycles. The average Bonchev–Trinajstić information content (AvgIpc) is 3.55. The Kier molecular flexibility index (Phi) is 11.5. The van der Waals surface area contributed by atoms with E-state index in [0.29, 0.717) is 0 Å². The second-order valence-corrected chi connectivity index (χ2v) is 19.1. The summed E-state index contributed by atoms with van der Waals surface area (Å²) in [5.41, 5.74) is 3.16. The molecule has 0 saturated heterocycles. The van der Waals surface area contributed by atoms with E-state index in [-0.39, 0.29) is 12.4 Å². The van der Waals surface area contributed by atoms with E-state index in [9.17, 15) is 0 Å². The molecule has 2 aromatic carbocycles. The van der Waals surface area contributed by atoms with Gasteiger partial charge in [0.05, 0.1) is 0 Å². The Morgan fingerprint density at radius 3 is 1.48 bits per heavy atom. The molecule has 0 amide bonds. The van der Waals surface area contributed by atoms with Crippen molar-refractivity contribution in [1.29, 1.82) is 0 Å². The summed E-state index contributed by atoms with van der Waals surface area (Å²) in [6, 6.07) is 21.9. The molecule has 2 fully saturated rings. The van der Waals surface area contributed by atoms with E-state index in [1.807, 2.05) is 0 Å². The van der Waals surface area contributed by atoms with Crippen LogP contribution in [0.15, 0.2) is 108 Å². The van der Waals surface area contributed by atoms with Crippen LogP contribution in [0.25, 0.3) is 0 Å². The fourth-order valence-corrected chi connectivity index (χ4v) is 11.9. The van der Waals surface area contributed by atoms with Crippen LogP contribution in [-0.2, 0) is 21.6 Å². The van der Waals surface area contributed by atoms with Gasteiger partial charge in [-0.2, -0.15) is 0 Å². The van der Waals surface area contributed by atoms with Crippen molar-refractivity contribution in [2.24, 2.45) is 11.8 Å². The van der Waals surface area contributed by atoms with Crippen molar-refractivity contribution in [3.8, 4) is 0 Å². The van der Waals surface area contributed by atoms with E-state index >= 15 is 0 Å². The molecule has 33 heavy (non-hydrogen) atoms. The first-order chi connectivity index (χ1) is 15.8. The summed E-state index contributed by atoms with van der Waals surface area (Å²) in [7, 11) is -1.11. The first-order valence-corrected chi connectivity index (χ1v) is 21.4. The molecular weight excluding hydrogens is 560 g/mol. The summed E-state index contributed by atoms with van der Waals surface area (Å²) >= 11 is 1.71. The van der Waals surface area contributed by atoms with Gasteiger partial charge in [-0.3, -0.25) is 0 Å². The molecule has 3 heteroatoms. The Bertz CT molecular complexity index is 923. The number of rotatable bonds is 2. The average molecular weight is 592 g/mol. The van der Waals surface area contributed by atoms with Crippen LogP contribution in [0.5, 0.6) is 0 Å². The zero-order chi connectivity index (χ0) is 22.0. The fraction of sp³-hybridized carbons (Fsp3) is 0.267. The van der Waals surface area contributed by atoms with E-state index in [1.54, 1.807) is 41.5 Å². The molecule has 0 aliphatic heterocycles.